The van der Waals surface area contributed by atoms with E-state index in [1.54, 1.807) is 0 Å². The SMILES string of the molecule is Cc1ccc(C2NNCC2CN(C)C2CC(C)(C)NC(C)(C)C2)cc1C. The second-order valence-corrected chi connectivity index (χ2v) is 10.0. The molecule has 1 aromatic rings. The largest absolute Gasteiger partial charge is 0.307 e. The summed E-state index contributed by atoms with van der Waals surface area (Å²) < 4.78 is 0. The van der Waals surface area contributed by atoms with Gasteiger partial charge in [-0.2, -0.15) is 0 Å². The first kappa shape index (κ1) is 19.8. The molecule has 4 nitrogen and oxygen atoms in total. The Morgan fingerprint density at radius 1 is 1.04 bits per heavy atom. The summed E-state index contributed by atoms with van der Waals surface area (Å²) in [7, 11) is 2.32. The average molecular weight is 359 g/mol. The highest BCUT2D eigenvalue weighted by molar-refractivity contribution is 5.32. The molecule has 0 saturated carbocycles. The third kappa shape index (κ3) is 4.48. The van der Waals surface area contributed by atoms with E-state index in [4.69, 9.17) is 0 Å². The first-order valence-corrected chi connectivity index (χ1v) is 10.1. The summed E-state index contributed by atoms with van der Waals surface area (Å²) in [5, 5.41) is 3.81. The average Bonchev–Trinajstić information content (AvgIpc) is 2.95. The van der Waals surface area contributed by atoms with E-state index in [9.17, 15) is 0 Å². The van der Waals surface area contributed by atoms with Crippen LogP contribution in [0.2, 0.25) is 0 Å². The minimum absolute atomic E-state index is 0.195. The minimum atomic E-state index is 0.195. The topological polar surface area (TPSA) is 39.3 Å². The van der Waals surface area contributed by atoms with Crippen LogP contribution in [0.1, 0.15) is 63.3 Å². The van der Waals surface area contributed by atoms with Crippen molar-refractivity contribution in [2.24, 2.45) is 5.92 Å². The third-order valence-electron chi connectivity index (χ3n) is 6.30. The zero-order valence-corrected chi connectivity index (χ0v) is 17.7. The van der Waals surface area contributed by atoms with Gasteiger partial charge in [-0.15, -0.1) is 0 Å². The number of piperidine rings is 1. The number of rotatable bonds is 4. The zero-order valence-electron chi connectivity index (χ0n) is 17.7. The van der Waals surface area contributed by atoms with E-state index in [-0.39, 0.29) is 11.1 Å². The Balaban J connectivity index is 1.69. The molecule has 2 aliphatic heterocycles. The smallest absolute Gasteiger partial charge is 0.0515 e. The molecule has 2 aliphatic rings. The van der Waals surface area contributed by atoms with E-state index in [0.29, 0.717) is 18.0 Å². The number of hydrazine groups is 1. The van der Waals surface area contributed by atoms with Crippen LogP contribution in [0.25, 0.3) is 0 Å². The summed E-state index contributed by atoms with van der Waals surface area (Å²) in [5.74, 6) is 0.586. The van der Waals surface area contributed by atoms with Crippen LogP contribution in [0.5, 0.6) is 0 Å². The minimum Gasteiger partial charge on any atom is -0.307 e. The quantitative estimate of drug-likeness (QED) is 0.772. The van der Waals surface area contributed by atoms with Crippen LogP contribution in [0, 0.1) is 19.8 Å². The Kier molecular flexibility index (Phi) is 5.51. The first-order chi connectivity index (χ1) is 12.1. The fourth-order valence-corrected chi connectivity index (χ4v) is 5.12. The lowest BCUT2D eigenvalue weighted by Crippen LogP contribution is -2.62. The van der Waals surface area contributed by atoms with Gasteiger partial charge in [-0.3, -0.25) is 5.43 Å². The lowest BCUT2D eigenvalue weighted by molar-refractivity contribution is 0.0722. The summed E-state index contributed by atoms with van der Waals surface area (Å²) in [6.45, 7) is 15.9. The van der Waals surface area contributed by atoms with Crippen LogP contribution < -0.4 is 16.2 Å². The summed E-state index contributed by atoms with van der Waals surface area (Å²) in [6, 6.07) is 7.91. The Labute approximate surface area is 160 Å². The molecule has 146 valence electrons. The summed E-state index contributed by atoms with van der Waals surface area (Å²) in [5.41, 5.74) is 11.5. The number of benzene rings is 1. The van der Waals surface area contributed by atoms with E-state index in [0.717, 1.165) is 13.1 Å². The van der Waals surface area contributed by atoms with Crippen molar-refractivity contribution in [3.63, 3.8) is 0 Å². The lowest BCUT2D eigenvalue weighted by Gasteiger charge is -2.49. The highest BCUT2D eigenvalue weighted by Gasteiger charge is 2.40. The van der Waals surface area contributed by atoms with Gasteiger partial charge in [-0.05, 0) is 78.1 Å². The Bertz CT molecular complexity index is 621. The molecule has 0 bridgehead atoms. The van der Waals surface area contributed by atoms with Crippen LogP contribution in [0.4, 0.5) is 0 Å². The van der Waals surface area contributed by atoms with Gasteiger partial charge in [0.25, 0.3) is 0 Å². The fraction of sp³-hybridized carbons (Fsp3) is 0.727. The first-order valence-electron chi connectivity index (χ1n) is 10.1. The molecule has 2 saturated heterocycles. The summed E-state index contributed by atoms with van der Waals surface area (Å²) >= 11 is 0. The van der Waals surface area contributed by atoms with Crippen molar-refractivity contribution in [3.8, 4) is 0 Å². The van der Waals surface area contributed by atoms with E-state index in [2.05, 4.69) is 87.9 Å². The van der Waals surface area contributed by atoms with Crippen LogP contribution in [-0.4, -0.2) is 42.2 Å². The molecule has 0 radical (unpaired) electrons. The third-order valence-corrected chi connectivity index (χ3v) is 6.30. The van der Waals surface area contributed by atoms with Gasteiger partial charge in [0.1, 0.15) is 0 Å². The van der Waals surface area contributed by atoms with Crippen molar-refractivity contribution in [2.75, 3.05) is 20.1 Å². The summed E-state index contributed by atoms with van der Waals surface area (Å²) in [6.07, 6.45) is 2.41. The second-order valence-electron chi connectivity index (χ2n) is 10.0. The standard InChI is InChI=1S/C22H38N4/c1-15-8-9-17(10-16(15)2)20-18(13-23-24-20)14-26(7)19-11-21(3,4)25-22(5,6)12-19/h8-10,18-20,23-25H,11-14H2,1-7H3. The van der Waals surface area contributed by atoms with Crippen molar-refractivity contribution in [1.82, 2.24) is 21.1 Å². The van der Waals surface area contributed by atoms with E-state index in [1.165, 1.54) is 29.5 Å². The van der Waals surface area contributed by atoms with E-state index in [1.807, 2.05) is 0 Å². The predicted octanol–water partition coefficient (Wildman–Crippen LogP) is 3.31. The van der Waals surface area contributed by atoms with Gasteiger partial charge in [0.05, 0.1) is 6.04 Å². The van der Waals surface area contributed by atoms with Crippen molar-refractivity contribution in [1.29, 1.82) is 0 Å². The molecule has 2 unspecified atom stereocenters. The zero-order chi connectivity index (χ0) is 19.1. The Hall–Kier alpha value is -0.940. The number of hydrogen-bond acceptors (Lipinski definition) is 4. The van der Waals surface area contributed by atoms with Gasteiger partial charge < -0.3 is 10.2 Å². The highest BCUT2D eigenvalue weighted by atomic mass is 15.4. The van der Waals surface area contributed by atoms with E-state index >= 15 is 0 Å². The van der Waals surface area contributed by atoms with Crippen molar-refractivity contribution in [2.45, 2.75) is 77.5 Å². The molecule has 2 atom stereocenters. The van der Waals surface area contributed by atoms with Gasteiger partial charge in [0.2, 0.25) is 0 Å². The highest BCUT2D eigenvalue weighted by Crippen LogP contribution is 2.33. The number of nitrogens with zero attached hydrogens (tertiary/aromatic N) is 1. The maximum Gasteiger partial charge on any atom is 0.0515 e. The van der Waals surface area contributed by atoms with Crippen LogP contribution in [-0.2, 0) is 0 Å². The van der Waals surface area contributed by atoms with Gasteiger partial charge in [0, 0.05) is 36.1 Å². The van der Waals surface area contributed by atoms with Crippen LogP contribution in [0.3, 0.4) is 0 Å². The molecule has 4 heteroatoms. The molecule has 1 aromatic carbocycles. The lowest BCUT2D eigenvalue weighted by atomic mass is 9.79. The van der Waals surface area contributed by atoms with E-state index < -0.39 is 0 Å². The molecular formula is C22H38N4. The van der Waals surface area contributed by atoms with Crippen molar-refractivity contribution < 1.29 is 0 Å². The Morgan fingerprint density at radius 2 is 1.69 bits per heavy atom. The maximum atomic E-state index is 3.81. The normalized spacial score (nSPS) is 28.6. The Morgan fingerprint density at radius 3 is 2.31 bits per heavy atom. The van der Waals surface area contributed by atoms with Crippen LogP contribution >= 0.6 is 0 Å². The molecular weight excluding hydrogens is 320 g/mol. The number of nitrogens with one attached hydrogen (secondary N) is 3. The molecule has 0 spiro atoms. The fourth-order valence-electron chi connectivity index (χ4n) is 5.12. The second kappa shape index (κ2) is 7.23. The molecule has 0 aliphatic carbocycles. The molecule has 3 rings (SSSR count). The molecule has 0 amide bonds. The molecule has 0 aromatic heterocycles. The van der Waals surface area contributed by atoms with Crippen LogP contribution in [0.15, 0.2) is 18.2 Å². The monoisotopic (exact) mass is 358 g/mol. The van der Waals surface area contributed by atoms with Crippen molar-refractivity contribution in [3.05, 3.63) is 34.9 Å². The predicted molar refractivity (Wildman–Crippen MR) is 110 cm³/mol. The molecule has 26 heavy (non-hydrogen) atoms. The van der Waals surface area contributed by atoms with Gasteiger partial charge in [-0.1, -0.05) is 18.2 Å². The van der Waals surface area contributed by atoms with Gasteiger partial charge >= 0.3 is 0 Å². The molecule has 2 heterocycles. The van der Waals surface area contributed by atoms with Gasteiger partial charge in [-0.25, -0.2) is 5.43 Å². The summed E-state index contributed by atoms with van der Waals surface area (Å²) in [4.78, 5) is 2.61. The molecule has 3 N–H and O–H groups in total. The van der Waals surface area contributed by atoms with Gasteiger partial charge in [0.15, 0.2) is 0 Å². The molecule has 2 fully saturated rings. The van der Waals surface area contributed by atoms with Crippen molar-refractivity contribution >= 4 is 0 Å². The maximum absolute atomic E-state index is 3.81. The number of hydrogen-bond donors (Lipinski definition) is 3. The number of aryl methyl sites for hydroxylation is 2.